The summed E-state index contributed by atoms with van der Waals surface area (Å²) in [5.41, 5.74) is 5.55. The maximum absolute atomic E-state index is 14.3. The molecule has 0 saturated heterocycles. The summed E-state index contributed by atoms with van der Waals surface area (Å²) in [6.07, 6.45) is 0. The third-order valence-corrected chi connectivity index (χ3v) is 7.18. The molecule has 180 valence electrons. The summed E-state index contributed by atoms with van der Waals surface area (Å²) in [5, 5.41) is 4.16. The molecule has 0 saturated carbocycles. The number of carbonyl (C=O) groups excluding carboxylic acids is 2. The third kappa shape index (κ3) is 4.50. The second-order valence-corrected chi connectivity index (χ2v) is 9.83. The van der Waals surface area contributed by atoms with Crippen LogP contribution in [0.25, 0.3) is 11.1 Å². The third-order valence-electron chi connectivity index (χ3n) is 6.68. The summed E-state index contributed by atoms with van der Waals surface area (Å²) in [5.74, 6) is -0.518. The molecule has 0 aliphatic carbocycles. The van der Waals surface area contributed by atoms with Gasteiger partial charge in [-0.25, -0.2) is 0 Å². The first-order valence-corrected chi connectivity index (χ1v) is 12.4. The van der Waals surface area contributed by atoms with Gasteiger partial charge in [0.25, 0.3) is 11.8 Å². The average molecular weight is 515 g/mol. The van der Waals surface area contributed by atoms with E-state index in [1.807, 2.05) is 68.4 Å². The molecule has 5 rings (SSSR count). The van der Waals surface area contributed by atoms with Gasteiger partial charge in [0.2, 0.25) is 0 Å². The zero-order chi connectivity index (χ0) is 25.4. The van der Waals surface area contributed by atoms with Gasteiger partial charge in [-0.05, 0) is 78.1 Å². The fraction of sp³-hybridized carbons (Fsp3) is 0.133. The Morgan fingerprint density at radius 2 is 1.44 bits per heavy atom. The second kappa shape index (κ2) is 9.81. The molecule has 0 spiro atoms. The zero-order valence-electron chi connectivity index (χ0n) is 19.8. The number of hydrogen-bond acceptors (Lipinski definition) is 2. The Hall–Kier alpha value is -3.60. The van der Waals surface area contributed by atoms with Crippen molar-refractivity contribution in [2.75, 3.05) is 5.32 Å². The molecule has 0 bridgehead atoms. The van der Waals surface area contributed by atoms with Gasteiger partial charge in [0.15, 0.2) is 0 Å². The van der Waals surface area contributed by atoms with Gasteiger partial charge in [-0.15, -0.1) is 0 Å². The fourth-order valence-electron chi connectivity index (χ4n) is 4.74. The van der Waals surface area contributed by atoms with Crippen LogP contribution in [0.15, 0.2) is 91.0 Å². The van der Waals surface area contributed by atoms with Crippen LogP contribution in [-0.2, 0) is 4.79 Å². The molecule has 4 aromatic rings. The number of carbonyl (C=O) groups is 2. The lowest BCUT2D eigenvalue weighted by Crippen LogP contribution is -2.40. The lowest BCUT2D eigenvalue weighted by molar-refractivity contribution is -0.121. The van der Waals surface area contributed by atoms with Crippen molar-refractivity contribution in [1.82, 2.24) is 4.90 Å². The van der Waals surface area contributed by atoms with E-state index < -0.39 is 12.1 Å². The topological polar surface area (TPSA) is 49.4 Å². The Morgan fingerprint density at radius 1 is 0.806 bits per heavy atom. The molecule has 4 nitrogen and oxygen atoms in total. The molecule has 0 radical (unpaired) electrons. The number of nitrogens with zero attached hydrogens (tertiary/aromatic N) is 1. The molecule has 2 amide bonds. The van der Waals surface area contributed by atoms with Crippen LogP contribution in [0.4, 0.5) is 5.69 Å². The summed E-state index contributed by atoms with van der Waals surface area (Å²) >= 11 is 12.2. The van der Waals surface area contributed by atoms with E-state index in [1.54, 1.807) is 41.3 Å². The molecule has 0 aromatic heterocycles. The minimum Gasteiger partial charge on any atom is -0.323 e. The van der Waals surface area contributed by atoms with Gasteiger partial charge in [-0.1, -0.05) is 77.8 Å². The van der Waals surface area contributed by atoms with E-state index in [0.717, 1.165) is 22.3 Å². The van der Waals surface area contributed by atoms with Gasteiger partial charge < -0.3 is 10.2 Å². The zero-order valence-corrected chi connectivity index (χ0v) is 21.3. The maximum Gasteiger partial charge on any atom is 0.257 e. The van der Waals surface area contributed by atoms with Crippen LogP contribution in [0.5, 0.6) is 0 Å². The van der Waals surface area contributed by atoms with Gasteiger partial charge in [-0.3, -0.25) is 9.59 Å². The van der Waals surface area contributed by atoms with Crippen molar-refractivity contribution in [2.24, 2.45) is 0 Å². The molecule has 4 aromatic carbocycles. The van der Waals surface area contributed by atoms with E-state index >= 15 is 0 Å². The van der Waals surface area contributed by atoms with Crippen molar-refractivity contribution in [2.45, 2.75) is 25.9 Å². The van der Waals surface area contributed by atoms with Crippen molar-refractivity contribution in [1.29, 1.82) is 0 Å². The van der Waals surface area contributed by atoms with E-state index in [1.165, 1.54) is 0 Å². The molecule has 1 unspecified atom stereocenters. The average Bonchev–Trinajstić information content (AvgIpc) is 2.98. The maximum atomic E-state index is 14.3. The van der Waals surface area contributed by atoms with E-state index in [2.05, 4.69) is 5.32 Å². The molecule has 0 fully saturated rings. The monoisotopic (exact) mass is 514 g/mol. The molecular formula is C30H24Cl2N2O2. The number of rotatable bonds is 4. The second-order valence-electron chi connectivity index (χ2n) is 8.96. The molecule has 6 heteroatoms. The number of amides is 2. The summed E-state index contributed by atoms with van der Waals surface area (Å²) in [7, 11) is 0. The normalized spacial score (nSPS) is 16.2. The predicted molar refractivity (Wildman–Crippen MR) is 145 cm³/mol. The van der Waals surface area contributed by atoms with Gasteiger partial charge in [0.1, 0.15) is 6.04 Å². The van der Waals surface area contributed by atoms with Crippen LogP contribution in [-0.4, -0.2) is 16.7 Å². The molecule has 1 aliphatic heterocycles. The minimum atomic E-state index is -0.852. The Morgan fingerprint density at radius 3 is 2.11 bits per heavy atom. The first-order chi connectivity index (χ1) is 17.3. The van der Waals surface area contributed by atoms with Crippen LogP contribution in [0, 0.1) is 6.92 Å². The van der Waals surface area contributed by atoms with Crippen molar-refractivity contribution in [3.05, 3.63) is 123 Å². The van der Waals surface area contributed by atoms with Crippen LogP contribution in [0.3, 0.4) is 0 Å². The number of aryl methyl sites for hydroxylation is 1. The predicted octanol–water partition coefficient (Wildman–Crippen LogP) is 7.87. The smallest absolute Gasteiger partial charge is 0.257 e. The first kappa shape index (κ1) is 24.1. The lowest BCUT2D eigenvalue weighted by Gasteiger charge is -2.34. The van der Waals surface area contributed by atoms with Crippen molar-refractivity contribution >= 4 is 40.7 Å². The molecule has 36 heavy (non-hydrogen) atoms. The van der Waals surface area contributed by atoms with Crippen LogP contribution >= 0.6 is 23.2 Å². The highest BCUT2D eigenvalue weighted by molar-refractivity contribution is 6.30. The number of benzene rings is 4. The summed E-state index contributed by atoms with van der Waals surface area (Å²) < 4.78 is 0. The van der Waals surface area contributed by atoms with E-state index in [0.29, 0.717) is 26.9 Å². The molecule has 1 N–H and O–H groups in total. The Bertz CT molecular complexity index is 1450. The van der Waals surface area contributed by atoms with Crippen LogP contribution in [0.2, 0.25) is 10.0 Å². The number of fused-ring (bicyclic) bond motifs is 1. The number of halogens is 2. The number of anilines is 1. The quantitative estimate of drug-likeness (QED) is 0.301. The Kier molecular flexibility index (Phi) is 6.57. The highest BCUT2D eigenvalue weighted by Crippen LogP contribution is 2.39. The molecular weight excluding hydrogens is 491 g/mol. The molecule has 1 heterocycles. The van der Waals surface area contributed by atoms with Crippen molar-refractivity contribution in [3.8, 4) is 11.1 Å². The van der Waals surface area contributed by atoms with Crippen molar-refractivity contribution in [3.63, 3.8) is 0 Å². The highest BCUT2D eigenvalue weighted by atomic mass is 35.5. The van der Waals surface area contributed by atoms with Gasteiger partial charge in [-0.2, -0.15) is 0 Å². The van der Waals surface area contributed by atoms with Crippen molar-refractivity contribution < 1.29 is 9.59 Å². The lowest BCUT2D eigenvalue weighted by atomic mass is 9.96. The van der Waals surface area contributed by atoms with Crippen LogP contribution in [0.1, 0.15) is 46.1 Å². The summed E-state index contributed by atoms with van der Waals surface area (Å²) in [4.78, 5) is 29.6. The molecule has 1 aliphatic rings. The summed E-state index contributed by atoms with van der Waals surface area (Å²) in [6.45, 7) is 3.96. The van der Waals surface area contributed by atoms with Gasteiger partial charge >= 0.3 is 0 Å². The van der Waals surface area contributed by atoms with Gasteiger partial charge in [0.05, 0.1) is 17.3 Å². The first-order valence-electron chi connectivity index (χ1n) is 11.7. The Balaban J connectivity index is 1.66. The van der Waals surface area contributed by atoms with E-state index in [4.69, 9.17) is 23.2 Å². The van der Waals surface area contributed by atoms with E-state index in [9.17, 15) is 9.59 Å². The summed E-state index contributed by atoms with van der Waals surface area (Å²) in [6, 6.07) is 26.8. The number of nitrogens with one attached hydrogen (secondary N) is 1. The fourth-order valence-corrected chi connectivity index (χ4v) is 4.99. The number of hydrogen-bond donors (Lipinski definition) is 1. The largest absolute Gasteiger partial charge is 0.323 e. The standard InChI is InChI=1S/C30H24Cl2N2O2/c1-18-5-3-4-6-25(18)22-11-16-27-26(17-22)30(36)34(19(2)20-7-12-23(31)13-8-20)28(29(35)33-27)21-9-14-24(32)15-10-21/h3-17,19,28H,1-2H3,(H,33,35)/t19-,28?/m1/s1. The van der Waals surface area contributed by atoms with Crippen LogP contribution < -0.4 is 5.32 Å². The van der Waals surface area contributed by atoms with Gasteiger partial charge in [0, 0.05) is 10.0 Å². The molecule has 2 atom stereocenters. The minimum absolute atomic E-state index is 0.235. The van der Waals surface area contributed by atoms with E-state index in [-0.39, 0.29) is 11.8 Å². The highest BCUT2D eigenvalue weighted by Gasteiger charge is 2.39. The Labute approximate surface area is 220 Å². The SMILES string of the molecule is Cc1ccccc1-c1ccc2c(c1)C(=O)N([C@H](C)c1ccc(Cl)cc1)C(c1ccc(Cl)cc1)C(=O)N2.